The largest absolute Gasteiger partial charge is 0.416 e. The minimum absolute atomic E-state index is 0.0368. The average Bonchev–Trinajstić information content (AvgIpc) is 2.85. The van der Waals surface area contributed by atoms with Gasteiger partial charge < -0.3 is 24.3 Å². The van der Waals surface area contributed by atoms with Gasteiger partial charge in [-0.05, 0) is 42.1 Å². The lowest BCUT2D eigenvalue weighted by Gasteiger charge is -2.48. The van der Waals surface area contributed by atoms with Crippen LogP contribution in [0.5, 0.6) is 0 Å². The van der Waals surface area contributed by atoms with E-state index in [0.717, 1.165) is 5.56 Å². The van der Waals surface area contributed by atoms with E-state index in [0.29, 0.717) is 33.0 Å². The minimum atomic E-state index is -1.90. The Bertz CT molecular complexity index is 887. The second kappa shape index (κ2) is 13.3. The van der Waals surface area contributed by atoms with Crippen molar-refractivity contribution in [1.82, 2.24) is 5.32 Å². The molecule has 5 atom stereocenters. The molecule has 0 radical (unpaired) electrons. The van der Waals surface area contributed by atoms with Crippen LogP contribution in [0.2, 0.25) is 18.1 Å². The lowest BCUT2D eigenvalue weighted by atomic mass is 9.72. The van der Waals surface area contributed by atoms with E-state index in [-0.39, 0.29) is 41.5 Å². The molecule has 0 saturated carbocycles. The van der Waals surface area contributed by atoms with Crippen LogP contribution in [0.15, 0.2) is 60.7 Å². The van der Waals surface area contributed by atoms with Crippen molar-refractivity contribution in [2.24, 2.45) is 17.8 Å². The standard InChI is InChI=1S/C30H47NO4Si/c1-23-26(22-35-36(5,6)30(2,3)4)27(20-33-18-24-13-9-7-10-14-24)28(29(17-32)31-23)21-34-19-25-15-11-8-12-16-25/h7-16,23,26-29,31-32H,17-22H2,1-6H3/t23-,26+,27+,28+,29+/m1/s1. The van der Waals surface area contributed by atoms with E-state index in [4.69, 9.17) is 13.9 Å². The summed E-state index contributed by atoms with van der Waals surface area (Å²) in [4.78, 5) is 0. The Kier molecular flexibility index (Phi) is 10.7. The summed E-state index contributed by atoms with van der Waals surface area (Å²) in [5.74, 6) is 0.601. The lowest BCUT2D eigenvalue weighted by molar-refractivity contribution is -0.0616. The van der Waals surface area contributed by atoms with Gasteiger partial charge in [0.2, 0.25) is 0 Å². The first-order chi connectivity index (χ1) is 17.1. The number of hydrogen-bond donors (Lipinski definition) is 2. The van der Waals surface area contributed by atoms with Gasteiger partial charge in [0.05, 0.1) is 33.0 Å². The van der Waals surface area contributed by atoms with Crippen molar-refractivity contribution in [3.63, 3.8) is 0 Å². The van der Waals surface area contributed by atoms with Crippen LogP contribution in [0, 0.1) is 17.8 Å². The van der Waals surface area contributed by atoms with Gasteiger partial charge in [-0.3, -0.25) is 0 Å². The van der Waals surface area contributed by atoms with E-state index in [1.165, 1.54) is 5.56 Å². The van der Waals surface area contributed by atoms with Gasteiger partial charge in [0.25, 0.3) is 0 Å². The van der Waals surface area contributed by atoms with Crippen molar-refractivity contribution in [3.8, 4) is 0 Å². The SMILES string of the molecule is C[C@H]1N[C@@H](CO)[C@@H](COCc2ccccc2)[C@@H](COCc2ccccc2)[C@H]1CO[Si](C)(C)C(C)(C)C. The van der Waals surface area contributed by atoms with Crippen LogP contribution in [-0.4, -0.2) is 51.9 Å². The molecule has 1 heterocycles. The number of nitrogens with one attached hydrogen (secondary N) is 1. The van der Waals surface area contributed by atoms with Crippen LogP contribution in [0.25, 0.3) is 0 Å². The molecule has 5 nitrogen and oxygen atoms in total. The molecule has 3 rings (SSSR count). The Balaban J connectivity index is 1.75. The lowest BCUT2D eigenvalue weighted by Crippen LogP contribution is -2.61. The molecule has 2 aromatic carbocycles. The fourth-order valence-corrected chi connectivity index (χ4v) is 5.85. The van der Waals surface area contributed by atoms with Crippen molar-refractivity contribution in [2.75, 3.05) is 26.4 Å². The summed E-state index contributed by atoms with van der Waals surface area (Å²) in [7, 11) is -1.90. The molecule has 0 spiro atoms. The van der Waals surface area contributed by atoms with Gasteiger partial charge in [-0.15, -0.1) is 0 Å². The van der Waals surface area contributed by atoms with Gasteiger partial charge in [0.1, 0.15) is 0 Å². The van der Waals surface area contributed by atoms with Crippen LogP contribution in [-0.2, 0) is 27.1 Å². The van der Waals surface area contributed by atoms with Crippen molar-refractivity contribution < 1.29 is 19.0 Å². The Hall–Kier alpha value is -1.54. The van der Waals surface area contributed by atoms with Gasteiger partial charge in [0.15, 0.2) is 8.32 Å². The van der Waals surface area contributed by atoms with E-state index >= 15 is 0 Å². The summed E-state index contributed by atoms with van der Waals surface area (Å²) in [6, 6.07) is 20.7. The number of ether oxygens (including phenoxy) is 2. The highest BCUT2D eigenvalue weighted by atomic mass is 28.4. The maximum atomic E-state index is 10.3. The van der Waals surface area contributed by atoms with E-state index in [1.54, 1.807) is 0 Å². The molecule has 1 aliphatic rings. The van der Waals surface area contributed by atoms with Crippen LogP contribution < -0.4 is 5.32 Å². The Morgan fingerprint density at radius 3 is 1.75 bits per heavy atom. The van der Waals surface area contributed by atoms with E-state index in [9.17, 15) is 5.11 Å². The fourth-order valence-electron chi connectivity index (χ4n) is 4.81. The quantitative estimate of drug-likeness (QED) is 0.360. The molecule has 1 aliphatic heterocycles. The van der Waals surface area contributed by atoms with E-state index in [1.807, 2.05) is 36.4 Å². The molecule has 0 aliphatic carbocycles. The van der Waals surface area contributed by atoms with Crippen molar-refractivity contribution in [3.05, 3.63) is 71.8 Å². The molecule has 36 heavy (non-hydrogen) atoms. The summed E-state index contributed by atoms with van der Waals surface area (Å²) < 4.78 is 19.3. The first-order valence-corrected chi connectivity index (χ1v) is 16.3. The molecular weight excluding hydrogens is 466 g/mol. The first kappa shape index (κ1) is 29.0. The zero-order valence-electron chi connectivity index (χ0n) is 23.1. The van der Waals surface area contributed by atoms with Crippen LogP contribution >= 0.6 is 0 Å². The molecule has 0 aromatic heterocycles. The highest BCUT2D eigenvalue weighted by Crippen LogP contribution is 2.39. The Labute approximate surface area is 219 Å². The molecule has 2 aromatic rings. The van der Waals surface area contributed by atoms with Gasteiger partial charge >= 0.3 is 0 Å². The van der Waals surface area contributed by atoms with E-state index in [2.05, 4.69) is 70.4 Å². The molecular formula is C30H47NO4Si. The van der Waals surface area contributed by atoms with Crippen molar-refractivity contribution in [2.45, 2.75) is 71.1 Å². The van der Waals surface area contributed by atoms with Gasteiger partial charge in [-0.1, -0.05) is 81.4 Å². The fraction of sp³-hybridized carbons (Fsp3) is 0.600. The molecule has 0 amide bonds. The number of aliphatic hydroxyl groups is 1. The van der Waals surface area contributed by atoms with Gasteiger partial charge in [-0.25, -0.2) is 0 Å². The number of piperidine rings is 1. The third kappa shape index (κ3) is 7.98. The maximum Gasteiger partial charge on any atom is 0.191 e. The summed E-state index contributed by atoms with van der Waals surface area (Å²) in [6.45, 7) is 16.8. The summed E-state index contributed by atoms with van der Waals surface area (Å²) in [5, 5.41) is 14.1. The molecule has 0 bridgehead atoms. The van der Waals surface area contributed by atoms with Crippen LogP contribution in [0.4, 0.5) is 0 Å². The zero-order chi connectivity index (χ0) is 26.2. The number of rotatable bonds is 12. The zero-order valence-corrected chi connectivity index (χ0v) is 24.1. The molecule has 1 saturated heterocycles. The predicted octanol–water partition coefficient (Wildman–Crippen LogP) is 5.64. The smallest absolute Gasteiger partial charge is 0.191 e. The molecule has 200 valence electrons. The Morgan fingerprint density at radius 2 is 1.28 bits per heavy atom. The summed E-state index contributed by atoms with van der Waals surface area (Å²) >= 11 is 0. The van der Waals surface area contributed by atoms with Gasteiger partial charge in [-0.2, -0.15) is 0 Å². The van der Waals surface area contributed by atoms with Crippen LogP contribution in [0.3, 0.4) is 0 Å². The topological polar surface area (TPSA) is 60.0 Å². The van der Waals surface area contributed by atoms with Crippen LogP contribution in [0.1, 0.15) is 38.8 Å². The summed E-state index contributed by atoms with van der Waals surface area (Å²) in [5.41, 5.74) is 2.33. The predicted molar refractivity (Wildman–Crippen MR) is 149 cm³/mol. The number of benzene rings is 2. The number of hydrogen-bond acceptors (Lipinski definition) is 5. The van der Waals surface area contributed by atoms with Crippen molar-refractivity contribution >= 4 is 8.32 Å². The third-order valence-corrected chi connectivity index (χ3v) is 12.7. The normalized spacial score (nSPS) is 25.1. The monoisotopic (exact) mass is 513 g/mol. The Morgan fingerprint density at radius 1 is 0.778 bits per heavy atom. The van der Waals surface area contributed by atoms with E-state index < -0.39 is 8.32 Å². The molecule has 6 heteroatoms. The number of aliphatic hydroxyl groups excluding tert-OH is 1. The first-order valence-electron chi connectivity index (χ1n) is 13.4. The minimum Gasteiger partial charge on any atom is -0.416 e. The summed E-state index contributed by atoms with van der Waals surface area (Å²) in [6.07, 6.45) is 0. The average molecular weight is 514 g/mol. The molecule has 2 N–H and O–H groups in total. The molecule has 0 unspecified atom stereocenters. The highest BCUT2D eigenvalue weighted by Gasteiger charge is 2.45. The van der Waals surface area contributed by atoms with Gasteiger partial charge in [0, 0.05) is 30.5 Å². The van der Waals surface area contributed by atoms with Crippen molar-refractivity contribution in [1.29, 1.82) is 0 Å². The second-order valence-corrected chi connectivity index (χ2v) is 16.6. The molecule has 1 fully saturated rings. The maximum absolute atomic E-state index is 10.3. The third-order valence-electron chi connectivity index (χ3n) is 8.22. The second-order valence-electron chi connectivity index (χ2n) is 11.8. The highest BCUT2D eigenvalue weighted by molar-refractivity contribution is 6.74.